The second-order valence-electron chi connectivity index (χ2n) is 7.12. The maximum absolute atomic E-state index is 6.22. The summed E-state index contributed by atoms with van der Waals surface area (Å²) in [6.07, 6.45) is 0.305. The Morgan fingerprint density at radius 1 is 1.17 bits per heavy atom. The molecule has 0 spiro atoms. The van der Waals surface area contributed by atoms with Crippen LogP contribution in [0, 0.1) is 6.92 Å². The zero-order chi connectivity index (χ0) is 16.7. The van der Waals surface area contributed by atoms with Crippen molar-refractivity contribution in [3.8, 4) is 0 Å². The fourth-order valence-corrected chi connectivity index (χ4v) is 3.71. The lowest BCUT2D eigenvalue weighted by atomic mass is 10.0. The van der Waals surface area contributed by atoms with E-state index < -0.39 is 0 Å². The van der Waals surface area contributed by atoms with Gasteiger partial charge in [-0.15, -0.1) is 0 Å². The minimum absolute atomic E-state index is 0.0636. The summed E-state index contributed by atoms with van der Waals surface area (Å²) in [5.41, 5.74) is 13.0. The number of ether oxygens (including phenoxy) is 1. The number of fused-ring (bicyclic) bond motifs is 2. The zero-order valence-corrected chi connectivity index (χ0v) is 15.0. The SMILES string of the molecule is Cc1c(C(C)N)c2cc3c(cc2n1C)CN(CCOC(C)C)C3. The Balaban J connectivity index is 1.87. The smallest absolute Gasteiger partial charge is 0.0597 e. The highest BCUT2D eigenvalue weighted by Crippen LogP contribution is 2.34. The maximum Gasteiger partial charge on any atom is 0.0597 e. The Morgan fingerprint density at radius 2 is 1.83 bits per heavy atom. The second-order valence-corrected chi connectivity index (χ2v) is 7.12. The summed E-state index contributed by atoms with van der Waals surface area (Å²) < 4.78 is 7.96. The van der Waals surface area contributed by atoms with Crippen molar-refractivity contribution in [3.05, 3.63) is 34.5 Å². The number of aromatic nitrogens is 1. The molecule has 126 valence electrons. The predicted octanol–water partition coefficient (Wildman–Crippen LogP) is 3.25. The molecule has 4 nitrogen and oxygen atoms in total. The number of rotatable bonds is 5. The van der Waals surface area contributed by atoms with E-state index in [0.717, 1.165) is 26.2 Å². The third-order valence-corrected chi connectivity index (χ3v) is 4.96. The van der Waals surface area contributed by atoms with Crippen molar-refractivity contribution in [1.82, 2.24) is 9.47 Å². The normalized spacial score (nSPS) is 16.5. The molecule has 0 saturated heterocycles. The van der Waals surface area contributed by atoms with E-state index in [4.69, 9.17) is 10.5 Å². The number of benzene rings is 1. The van der Waals surface area contributed by atoms with Gasteiger partial charge in [-0.2, -0.15) is 0 Å². The molecule has 2 N–H and O–H groups in total. The van der Waals surface area contributed by atoms with Gasteiger partial charge in [-0.1, -0.05) is 0 Å². The van der Waals surface area contributed by atoms with Crippen molar-refractivity contribution >= 4 is 10.9 Å². The lowest BCUT2D eigenvalue weighted by Crippen LogP contribution is -2.23. The molecular weight excluding hydrogens is 286 g/mol. The van der Waals surface area contributed by atoms with E-state index in [-0.39, 0.29) is 6.04 Å². The third kappa shape index (κ3) is 3.03. The first kappa shape index (κ1) is 16.5. The van der Waals surface area contributed by atoms with Gasteiger partial charge in [-0.25, -0.2) is 0 Å². The average molecular weight is 315 g/mol. The minimum Gasteiger partial charge on any atom is -0.377 e. The third-order valence-electron chi connectivity index (χ3n) is 4.96. The number of nitrogens with zero attached hydrogens (tertiary/aromatic N) is 2. The summed E-state index contributed by atoms with van der Waals surface area (Å²) in [5, 5.41) is 1.32. The predicted molar refractivity (Wildman–Crippen MR) is 95.5 cm³/mol. The molecule has 1 aromatic heterocycles. The fourth-order valence-electron chi connectivity index (χ4n) is 3.71. The molecule has 1 aromatic carbocycles. The van der Waals surface area contributed by atoms with Crippen LogP contribution in [0.4, 0.5) is 0 Å². The topological polar surface area (TPSA) is 43.4 Å². The first-order chi connectivity index (χ1) is 10.9. The molecular formula is C19H29N3O. The monoisotopic (exact) mass is 315 g/mol. The average Bonchev–Trinajstić information content (AvgIpc) is 2.96. The standard InChI is InChI=1S/C19H29N3O/c1-12(2)23-7-6-22-10-15-8-17-18(9-16(15)11-22)21(5)14(4)19(17)13(3)20/h8-9,12-13H,6-7,10-11,20H2,1-5H3. The first-order valence-electron chi connectivity index (χ1n) is 8.58. The van der Waals surface area contributed by atoms with Gasteiger partial charge >= 0.3 is 0 Å². The van der Waals surface area contributed by atoms with E-state index in [1.54, 1.807) is 0 Å². The highest BCUT2D eigenvalue weighted by Gasteiger charge is 2.23. The number of aryl methyl sites for hydroxylation is 1. The van der Waals surface area contributed by atoms with E-state index >= 15 is 0 Å². The minimum atomic E-state index is 0.0636. The van der Waals surface area contributed by atoms with Gasteiger partial charge < -0.3 is 15.0 Å². The van der Waals surface area contributed by atoms with Gasteiger partial charge in [0.15, 0.2) is 0 Å². The van der Waals surface area contributed by atoms with Crippen molar-refractivity contribution in [2.24, 2.45) is 12.8 Å². The van der Waals surface area contributed by atoms with E-state index in [9.17, 15) is 0 Å². The summed E-state index contributed by atoms with van der Waals surface area (Å²) in [6, 6.07) is 4.78. The number of hydrogen-bond acceptors (Lipinski definition) is 3. The van der Waals surface area contributed by atoms with Gasteiger partial charge in [0, 0.05) is 49.3 Å². The van der Waals surface area contributed by atoms with Crippen LogP contribution in [0.15, 0.2) is 12.1 Å². The maximum atomic E-state index is 6.22. The largest absolute Gasteiger partial charge is 0.377 e. The molecule has 1 aliphatic heterocycles. The van der Waals surface area contributed by atoms with Gasteiger partial charge in [0.2, 0.25) is 0 Å². The Labute approximate surface area is 139 Å². The van der Waals surface area contributed by atoms with Gasteiger partial charge in [0.05, 0.1) is 12.7 Å². The van der Waals surface area contributed by atoms with Gasteiger partial charge in [0.25, 0.3) is 0 Å². The van der Waals surface area contributed by atoms with E-state index in [1.807, 2.05) is 0 Å². The van der Waals surface area contributed by atoms with Crippen LogP contribution in [-0.4, -0.2) is 28.7 Å². The van der Waals surface area contributed by atoms with Crippen LogP contribution < -0.4 is 5.73 Å². The lowest BCUT2D eigenvalue weighted by molar-refractivity contribution is 0.0584. The van der Waals surface area contributed by atoms with E-state index in [1.165, 1.54) is 33.3 Å². The second kappa shape index (κ2) is 6.27. The molecule has 23 heavy (non-hydrogen) atoms. The quantitative estimate of drug-likeness (QED) is 0.921. The Bertz CT molecular complexity index is 715. The van der Waals surface area contributed by atoms with Crippen LogP contribution in [0.25, 0.3) is 10.9 Å². The summed E-state index contributed by atoms with van der Waals surface area (Å²) in [5.74, 6) is 0. The van der Waals surface area contributed by atoms with Crippen LogP contribution in [0.1, 0.15) is 49.2 Å². The Hall–Kier alpha value is -1.36. The molecule has 4 heteroatoms. The summed E-state index contributed by atoms with van der Waals surface area (Å²) >= 11 is 0. The highest BCUT2D eigenvalue weighted by molar-refractivity contribution is 5.87. The molecule has 1 aliphatic rings. The van der Waals surface area contributed by atoms with E-state index in [2.05, 4.69) is 56.3 Å². The zero-order valence-electron chi connectivity index (χ0n) is 15.0. The summed E-state index contributed by atoms with van der Waals surface area (Å²) in [7, 11) is 2.14. The molecule has 0 aliphatic carbocycles. The molecule has 2 heterocycles. The first-order valence-corrected chi connectivity index (χ1v) is 8.58. The van der Waals surface area contributed by atoms with Crippen LogP contribution >= 0.6 is 0 Å². The molecule has 0 saturated carbocycles. The Kier molecular flexibility index (Phi) is 4.50. The van der Waals surface area contributed by atoms with Gasteiger partial charge in [-0.05, 0) is 56.5 Å². The molecule has 0 bridgehead atoms. The van der Waals surface area contributed by atoms with Crippen molar-refractivity contribution in [1.29, 1.82) is 0 Å². The molecule has 0 fully saturated rings. The summed E-state index contributed by atoms with van der Waals surface area (Å²) in [4.78, 5) is 2.46. The lowest BCUT2D eigenvalue weighted by Gasteiger charge is -2.15. The molecule has 1 unspecified atom stereocenters. The van der Waals surface area contributed by atoms with Crippen LogP contribution in [-0.2, 0) is 24.9 Å². The number of hydrogen-bond donors (Lipinski definition) is 1. The van der Waals surface area contributed by atoms with Crippen molar-refractivity contribution in [3.63, 3.8) is 0 Å². The van der Waals surface area contributed by atoms with Crippen LogP contribution in [0.3, 0.4) is 0 Å². The molecule has 3 rings (SSSR count). The molecule has 0 radical (unpaired) electrons. The van der Waals surface area contributed by atoms with Crippen molar-refractivity contribution in [2.75, 3.05) is 13.2 Å². The molecule has 2 aromatic rings. The van der Waals surface area contributed by atoms with E-state index in [0.29, 0.717) is 6.10 Å². The summed E-state index contributed by atoms with van der Waals surface area (Å²) in [6.45, 7) is 12.2. The van der Waals surface area contributed by atoms with Crippen molar-refractivity contribution in [2.45, 2.75) is 52.9 Å². The molecule has 0 amide bonds. The highest BCUT2D eigenvalue weighted by atomic mass is 16.5. The fraction of sp³-hybridized carbons (Fsp3) is 0.579. The van der Waals surface area contributed by atoms with Crippen LogP contribution in [0.2, 0.25) is 0 Å². The van der Waals surface area contributed by atoms with Gasteiger partial charge in [-0.3, -0.25) is 4.90 Å². The number of nitrogens with two attached hydrogens (primary N) is 1. The Morgan fingerprint density at radius 3 is 2.43 bits per heavy atom. The molecule has 1 atom stereocenters. The van der Waals surface area contributed by atoms with Gasteiger partial charge in [0.1, 0.15) is 0 Å². The van der Waals surface area contributed by atoms with Crippen LogP contribution in [0.5, 0.6) is 0 Å². The van der Waals surface area contributed by atoms with Crippen molar-refractivity contribution < 1.29 is 4.74 Å².